The average Bonchev–Trinajstić information content (AvgIpc) is 2.67. The third-order valence-corrected chi connectivity index (χ3v) is 3.68. The molecule has 0 unspecified atom stereocenters. The Labute approximate surface area is 144 Å². The Balaban J connectivity index is 1.64. The fraction of sp³-hybridized carbons (Fsp3) is 0.0500. The maximum Gasteiger partial charge on any atom is 0.405 e. The first-order valence-electron chi connectivity index (χ1n) is 7.69. The van der Waals surface area contributed by atoms with Crippen molar-refractivity contribution in [3.8, 4) is 11.1 Å². The second-order valence-electron chi connectivity index (χ2n) is 5.35. The highest BCUT2D eigenvalue weighted by Crippen LogP contribution is 2.19. The summed E-state index contributed by atoms with van der Waals surface area (Å²) in [5, 5.41) is 11.5. The van der Waals surface area contributed by atoms with Crippen LogP contribution in [-0.4, -0.2) is 18.4 Å². The van der Waals surface area contributed by atoms with Gasteiger partial charge in [-0.3, -0.25) is 4.79 Å². The lowest BCUT2D eigenvalue weighted by Gasteiger charge is -2.06. The van der Waals surface area contributed by atoms with E-state index in [-0.39, 0.29) is 11.5 Å². The summed E-state index contributed by atoms with van der Waals surface area (Å²) in [6.45, 7) is -0.418. The number of pyridine rings is 1. The maximum absolute atomic E-state index is 12.2. The van der Waals surface area contributed by atoms with Crippen molar-refractivity contribution in [2.45, 2.75) is 0 Å². The first-order chi connectivity index (χ1) is 12.1. The zero-order chi connectivity index (χ0) is 17.6. The van der Waals surface area contributed by atoms with Crippen molar-refractivity contribution in [1.29, 1.82) is 0 Å². The number of hydrogen-bond donors (Lipinski definition) is 0. The zero-order valence-corrected chi connectivity index (χ0v) is 13.3. The van der Waals surface area contributed by atoms with Gasteiger partial charge in [0.25, 0.3) is 0 Å². The van der Waals surface area contributed by atoms with E-state index in [1.807, 2.05) is 42.5 Å². The minimum Gasteiger partial charge on any atom is -0.618 e. The largest absolute Gasteiger partial charge is 0.618 e. The number of hydrogen-bond acceptors (Lipinski definition) is 4. The molecule has 0 fully saturated rings. The predicted molar refractivity (Wildman–Crippen MR) is 91.9 cm³/mol. The molecular weight excluding hydrogens is 318 g/mol. The van der Waals surface area contributed by atoms with Crippen molar-refractivity contribution >= 4 is 11.8 Å². The molecular formula is C20H15NO4. The summed E-state index contributed by atoms with van der Waals surface area (Å²) in [5.41, 5.74) is 2.33. The van der Waals surface area contributed by atoms with Crippen LogP contribution < -0.4 is 4.73 Å². The summed E-state index contributed by atoms with van der Waals surface area (Å²) in [7, 11) is 0. The van der Waals surface area contributed by atoms with Gasteiger partial charge in [0.05, 0.1) is 0 Å². The monoisotopic (exact) mass is 333 g/mol. The number of aromatic nitrogens is 1. The van der Waals surface area contributed by atoms with Gasteiger partial charge < -0.3 is 9.94 Å². The van der Waals surface area contributed by atoms with Gasteiger partial charge in [-0.25, -0.2) is 4.79 Å². The molecule has 0 bridgehead atoms. The van der Waals surface area contributed by atoms with Crippen LogP contribution in [0.25, 0.3) is 11.1 Å². The summed E-state index contributed by atoms with van der Waals surface area (Å²) in [6, 6.07) is 21.2. The number of carbonyl (C=O) groups excluding carboxylic acids is 2. The van der Waals surface area contributed by atoms with Gasteiger partial charge in [0.2, 0.25) is 0 Å². The van der Waals surface area contributed by atoms with E-state index in [4.69, 9.17) is 4.74 Å². The number of carbonyl (C=O) groups is 2. The van der Waals surface area contributed by atoms with Crippen LogP contribution >= 0.6 is 0 Å². The molecule has 0 N–H and O–H groups in total. The van der Waals surface area contributed by atoms with Crippen LogP contribution in [0.15, 0.2) is 79.0 Å². The smallest absolute Gasteiger partial charge is 0.405 e. The van der Waals surface area contributed by atoms with Crippen LogP contribution in [0.4, 0.5) is 0 Å². The summed E-state index contributed by atoms with van der Waals surface area (Å²) >= 11 is 0. The van der Waals surface area contributed by atoms with Gasteiger partial charge in [-0.05, 0) is 17.2 Å². The molecule has 0 aliphatic heterocycles. The van der Waals surface area contributed by atoms with Gasteiger partial charge in [0.1, 0.15) is 0 Å². The Hall–Kier alpha value is -3.47. The summed E-state index contributed by atoms with van der Waals surface area (Å²) in [5.74, 6) is -1.16. The SMILES string of the molecule is O=C(COC(=O)c1cccc[n+]1[O-])c1ccc(-c2ccccc2)cc1. The summed E-state index contributed by atoms with van der Waals surface area (Å²) < 4.78 is 5.33. The molecule has 0 saturated carbocycles. The lowest BCUT2D eigenvalue weighted by molar-refractivity contribution is -0.608. The highest BCUT2D eigenvalue weighted by molar-refractivity contribution is 5.99. The van der Waals surface area contributed by atoms with Crippen LogP contribution in [0.5, 0.6) is 0 Å². The van der Waals surface area contributed by atoms with Crippen molar-refractivity contribution in [2.75, 3.05) is 6.61 Å². The molecule has 0 atom stereocenters. The molecule has 0 saturated heterocycles. The fourth-order valence-electron chi connectivity index (χ4n) is 2.35. The number of benzene rings is 2. The number of ether oxygens (including phenoxy) is 1. The minimum atomic E-state index is -0.829. The molecule has 0 amide bonds. The van der Waals surface area contributed by atoms with Gasteiger partial charge in [0, 0.05) is 17.7 Å². The Morgan fingerprint density at radius 3 is 2.16 bits per heavy atom. The Morgan fingerprint density at radius 2 is 1.48 bits per heavy atom. The second-order valence-corrected chi connectivity index (χ2v) is 5.35. The van der Waals surface area contributed by atoms with Crippen molar-refractivity contribution in [3.63, 3.8) is 0 Å². The molecule has 5 heteroatoms. The quantitative estimate of drug-likeness (QED) is 0.311. The van der Waals surface area contributed by atoms with Crippen LogP contribution in [-0.2, 0) is 4.74 Å². The van der Waals surface area contributed by atoms with E-state index in [2.05, 4.69) is 0 Å². The first kappa shape index (κ1) is 16.4. The highest BCUT2D eigenvalue weighted by atomic mass is 16.5. The minimum absolute atomic E-state index is 0.158. The third-order valence-electron chi connectivity index (χ3n) is 3.68. The van der Waals surface area contributed by atoms with Gasteiger partial charge >= 0.3 is 11.7 Å². The molecule has 5 nitrogen and oxygen atoms in total. The molecule has 2 aromatic carbocycles. The number of nitrogens with zero attached hydrogens (tertiary/aromatic N) is 1. The predicted octanol–water partition coefficient (Wildman–Crippen LogP) is 3.03. The van der Waals surface area contributed by atoms with Crippen LogP contribution in [0, 0.1) is 5.21 Å². The highest BCUT2D eigenvalue weighted by Gasteiger charge is 2.18. The molecule has 25 heavy (non-hydrogen) atoms. The zero-order valence-electron chi connectivity index (χ0n) is 13.3. The van der Waals surface area contributed by atoms with E-state index >= 15 is 0 Å². The number of Topliss-reactive ketones (excluding diaryl/α,β-unsaturated/α-hetero) is 1. The maximum atomic E-state index is 12.2. The van der Waals surface area contributed by atoms with E-state index in [1.54, 1.807) is 18.2 Å². The molecule has 1 heterocycles. The molecule has 3 aromatic rings. The van der Waals surface area contributed by atoms with Crippen molar-refractivity contribution in [1.82, 2.24) is 0 Å². The van der Waals surface area contributed by atoms with Crippen LogP contribution in [0.1, 0.15) is 20.8 Å². The molecule has 1 aromatic heterocycles. The normalized spacial score (nSPS) is 10.2. The van der Waals surface area contributed by atoms with Crippen molar-refractivity contribution < 1.29 is 19.1 Å². The summed E-state index contributed by atoms with van der Waals surface area (Å²) in [4.78, 5) is 24.0. The molecule has 124 valence electrons. The number of rotatable bonds is 5. The molecule has 0 radical (unpaired) electrons. The van der Waals surface area contributed by atoms with Gasteiger partial charge in [-0.15, -0.1) is 0 Å². The Kier molecular flexibility index (Phi) is 4.85. The van der Waals surface area contributed by atoms with E-state index in [1.165, 1.54) is 18.3 Å². The van der Waals surface area contributed by atoms with E-state index in [0.717, 1.165) is 11.1 Å². The molecule has 0 aliphatic carbocycles. The Bertz CT molecular complexity index is 889. The second kappa shape index (κ2) is 7.40. The number of ketones is 1. The van der Waals surface area contributed by atoms with Crippen molar-refractivity contribution in [2.24, 2.45) is 0 Å². The van der Waals surface area contributed by atoms with Crippen LogP contribution in [0.3, 0.4) is 0 Å². The fourth-order valence-corrected chi connectivity index (χ4v) is 2.35. The van der Waals surface area contributed by atoms with Crippen LogP contribution in [0.2, 0.25) is 0 Å². The van der Waals surface area contributed by atoms with E-state index in [9.17, 15) is 14.8 Å². The first-order valence-corrected chi connectivity index (χ1v) is 7.69. The van der Waals surface area contributed by atoms with Crippen molar-refractivity contribution in [3.05, 3.63) is 95.5 Å². The van der Waals surface area contributed by atoms with E-state index < -0.39 is 12.6 Å². The standard InChI is InChI=1S/C20H15NO4/c22-19(14-25-20(23)18-8-4-5-13-21(18)24)17-11-9-16(10-12-17)15-6-2-1-3-7-15/h1-13H,14H2. The summed E-state index contributed by atoms with van der Waals surface area (Å²) in [6.07, 6.45) is 1.20. The lowest BCUT2D eigenvalue weighted by atomic mass is 10.0. The lowest BCUT2D eigenvalue weighted by Crippen LogP contribution is -2.35. The molecule has 0 spiro atoms. The van der Waals surface area contributed by atoms with Gasteiger partial charge in [-0.2, -0.15) is 4.73 Å². The number of esters is 1. The van der Waals surface area contributed by atoms with Gasteiger partial charge in [-0.1, -0.05) is 54.6 Å². The topological polar surface area (TPSA) is 70.3 Å². The third kappa shape index (κ3) is 3.90. The molecule has 3 rings (SSSR count). The van der Waals surface area contributed by atoms with E-state index in [0.29, 0.717) is 10.3 Å². The Morgan fingerprint density at radius 1 is 0.840 bits per heavy atom. The molecule has 0 aliphatic rings. The average molecular weight is 333 g/mol. The van der Waals surface area contributed by atoms with Gasteiger partial charge in [0.15, 0.2) is 18.6 Å².